The van der Waals surface area contributed by atoms with Crippen LogP contribution < -0.4 is 0 Å². The Hall–Kier alpha value is -0.930. The fraction of sp³-hybridized carbons (Fsp3) is 0.588. The molecule has 4 heteroatoms. The highest BCUT2D eigenvalue weighted by atomic mass is 35.5. The molecular weight excluding hydrogens is 289 g/mol. The summed E-state index contributed by atoms with van der Waals surface area (Å²) in [5.41, 5.74) is 0.165. The van der Waals surface area contributed by atoms with Crippen LogP contribution in [0.15, 0.2) is 18.2 Å². The second-order valence-corrected chi connectivity index (χ2v) is 6.58. The van der Waals surface area contributed by atoms with Gasteiger partial charge in [0.2, 0.25) is 0 Å². The number of carbonyl (C=O) groups excluding carboxylic acids is 1. The van der Waals surface area contributed by atoms with Crippen LogP contribution in [0.3, 0.4) is 0 Å². The molecule has 1 aliphatic carbocycles. The number of likely N-dealkylation sites (N-methyl/N-ethyl adjacent to an activating group) is 1. The molecule has 0 saturated heterocycles. The van der Waals surface area contributed by atoms with Crippen LogP contribution in [0.1, 0.15) is 44.1 Å². The summed E-state index contributed by atoms with van der Waals surface area (Å²) in [7, 11) is 3.94. The Labute approximate surface area is 131 Å². The summed E-state index contributed by atoms with van der Waals surface area (Å²) in [6, 6.07) is 4.22. The van der Waals surface area contributed by atoms with E-state index in [1.807, 2.05) is 19.0 Å². The largest absolute Gasteiger partial charge is 0.297 e. The van der Waals surface area contributed by atoms with Gasteiger partial charge >= 0.3 is 0 Å². The molecule has 1 saturated carbocycles. The van der Waals surface area contributed by atoms with Gasteiger partial charge in [-0.25, -0.2) is 4.39 Å². The van der Waals surface area contributed by atoms with Crippen LogP contribution in [-0.4, -0.2) is 30.3 Å². The van der Waals surface area contributed by atoms with E-state index in [1.54, 1.807) is 0 Å². The predicted octanol–water partition coefficient (Wildman–Crippen LogP) is 4.25. The van der Waals surface area contributed by atoms with Crippen LogP contribution in [-0.2, 0) is 11.2 Å². The molecule has 0 N–H and O–H groups in total. The third-order valence-corrected chi connectivity index (χ3v) is 5.03. The van der Waals surface area contributed by atoms with Crippen LogP contribution in [0.25, 0.3) is 0 Å². The first-order chi connectivity index (χ1) is 9.95. The van der Waals surface area contributed by atoms with E-state index >= 15 is 0 Å². The molecule has 0 unspecified atom stereocenters. The predicted molar refractivity (Wildman–Crippen MR) is 84.2 cm³/mol. The third-order valence-electron chi connectivity index (χ3n) is 4.66. The van der Waals surface area contributed by atoms with Gasteiger partial charge in [0.25, 0.3) is 0 Å². The molecule has 1 aliphatic rings. The number of carbonyl (C=O) groups is 1. The first-order valence-corrected chi connectivity index (χ1v) is 7.98. The SMILES string of the molecule is CN(C)C1(C(=O)Cc2cc(F)ccc2Cl)CCCCCC1. The standard InChI is InChI=1S/C17H23ClFNO/c1-20(2)17(9-5-3-4-6-10-17)16(21)12-13-11-14(19)7-8-15(13)18/h7-8,11H,3-6,9-10,12H2,1-2H3. The van der Waals surface area contributed by atoms with E-state index in [0.717, 1.165) is 25.7 Å². The number of ketones is 1. The van der Waals surface area contributed by atoms with Crippen molar-refractivity contribution in [2.75, 3.05) is 14.1 Å². The fourth-order valence-corrected chi connectivity index (χ4v) is 3.49. The first-order valence-electron chi connectivity index (χ1n) is 7.60. The van der Waals surface area contributed by atoms with Crippen molar-refractivity contribution in [3.63, 3.8) is 0 Å². The van der Waals surface area contributed by atoms with Crippen molar-refractivity contribution in [3.05, 3.63) is 34.6 Å². The summed E-state index contributed by atoms with van der Waals surface area (Å²) in [5.74, 6) is -0.191. The lowest BCUT2D eigenvalue weighted by Crippen LogP contribution is -2.51. The van der Waals surface area contributed by atoms with Gasteiger partial charge in [0, 0.05) is 11.4 Å². The van der Waals surface area contributed by atoms with Gasteiger partial charge in [-0.1, -0.05) is 37.3 Å². The number of nitrogens with zero attached hydrogens (tertiary/aromatic N) is 1. The number of hydrogen-bond donors (Lipinski definition) is 0. The maximum atomic E-state index is 13.4. The zero-order valence-electron chi connectivity index (χ0n) is 12.8. The van der Waals surface area contributed by atoms with Crippen molar-refractivity contribution >= 4 is 17.4 Å². The molecule has 2 nitrogen and oxygen atoms in total. The number of rotatable bonds is 4. The number of hydrogen-bond acceptors (Lipinski definition) is 2. The second kappa shape index (κ2) is 6.89. The Bertz CT molecular complexity index is 508. The van der Waals surface area contributed by atoms with Gasteiger partial charge in [0.1, 0.15) is 5.82 Å². The lowest BCUT2D eigenvalue weighted by Gasteiger charge is -2.38. The summed E-state index contributed by atoms with van der Waals surface area (Å²) >= 11 is 6.10. The highest BCUT2D eigenvalue weighted by Crippen LogP contribution is 2.33. The van der Waals surface area contributed by atoms with E-state index in [1.165, 1.54) is 31.0 Å². The molecule has 0 atom stereocenters. The minimum absolute atomic E-state index is 0.155. The number of halogens is 2. The molecule has 1 aromatic rings. The minimum Gasteiger partial charge on any atom is -0.297 e. The van der Waals surface area contributed by atoms with E-state index in [9.17, 15) is 9.18 Å². The summed E-state index contributed by atoms with van der Waals surface area (Å²) < 4.78 is 13.4. The van der Waals surface area contributed by atoms with Gasteiger partial charge in [0.05, 0.1) is 5.54 Å². The molecule has 0 radical (unpaired) electrons. The van der Waals surface area contributed by atoms with Crippen LogP contribution in [0, 0.1) is 5.82 Å². The molecule has 0 aliphatic heterocycles. The third kappa shape index (κ3) is 3.64. The minimum atomic E-state index is -0.424. The van der Waals surface area contributed by atoms with Crippen molar-refractivity contribution in [2.45, 2.75) is 50.5 Å². The maximum Gasteiger partial charge on any atom is 0.157 e. The van der Waals surface area contributed by atoms with Gasteiger partial charge in [-0.3, -0.25) is 9.69 Å². The fourth-order valence-electron chi connectivity index (χ4n) is 3.31. The second-order valence-electron chi connectivity index (χ2n) is 6.18. The van der Waals surface area contributed by atoms with Crippen molar-refractivity contribution in [1.82, 2.24) is 4.90 Å². The first kappa shape index (κ1) is 16.4. The van der Waals surface area contributed by atoms with Crippen LogP contribution >= 0.6 is 11.6 Å². The lowest BCUT2D eigenvalue weighted by molar-refractivity contribution is -0.130. The highest BCUT2D eigenvalue weighted by Gasteiger charge is 2.40. The zero-order valence-corrected chi connectivity index (χ0v) is 13.5. The van der Waals surface area contributed by atoms with Gasteiger partial charge < -0.3 is 0 Å². The molecule has 0 amide bonds. The molecule has 1 fully saturated rings. The Kier molecular flexibility index (Phi) is 5.39. The van der Waals surface area contributed by atoms with Gasteiger partial charge in [0.15, 0.2) is 5.78 Å². The molecule has 116 valence electrons. The van der Waals surface area contributed by atoms with Gasteiger partial charge in [-0.15, -0.1) is 0 Å². The zero-order chi connectivity index (χ0) is 15.5. The molecule has 0 bridgehead atoms. The molecule has 21 heavy (non-hydrogen) atoms. The molecule has 1 aromatic carbocycles. The monoisotopic (exact) mass is 311 g/mol. The van der Waals surface area contributed by atoms with E-state index in [-0.39, 0.29) is 18.0 Å². The highest BCUT2D eigenvalue weighted by molar-refractivity contribution is 6.31. The quantitative estimate of drug-likeness (QED) is 0.775. The van der Waals surface area contributed by atoms with Crippen molar-refractivity contribution in [2.24, 2.45) is 0 Å². The summed E-state index contributed by atoms with van der Waals surface area (Å²) in [4.78, 5) is 15.0. The van der Waals surface area contributed by atoms with Crippen molar-refractivity contribution < 1.29 is 9.18 Å². The van der Waals surface area contributed by atoms with Gasteiger partial charge in [-0.05, 0) is 50.7 Å². The molecule has 0 heterocycles. The van der Waals surface area contributed by atoms with Crippen LogP contribution in [0.5, 0.6) is 0 Å². The molecule has 0 aromatic heterocycles. The summed E-state index contributed by atoms with van der Waals surface area (Å²) in [6.07, 6.45) is 6.47. The Morgan fingerprint density at radius 1 is 1.24 bits per heavy atom. The lowest BCUT2D eigenvalue weighted by atomic mass is 9.82. The molecule has 2 rings (SSSR count). The van der Waals surface area contributed by atoms with E-state index in [2.05, 4.69) is 0 Å². The Balaban J connectivity index is 2.24. The summed E-state index contributed by atoms with van der Waals surface area (Å²) in [5, 5.41) is 0.465. The number of benzene rings is 1. The smallest absolute Gasteiger partial charge is 0.157 e. The molecule has 0 spiro atoms. The maximum absolute atomic E-state index is 13.4. The van der Waals surface area contributed by atoms with Crippen molar-refractivity contribution in [1.29, 1.82) is 0 Å². The van der Waals surface area contributed by atoms with Crippen LogP contribution in [0.2, 0.25) is 5.02 Å². The average Bonchev–Trinajstić information content (AvgIpc) is 2.69. The van der Waals surface area contributed by atoms with Gasteiger partial charge in [-0.2, -0.15) is 0 Å². The van der Waals surface area contributed by atoms with E-state index in [4.69, 9.17) is 11.6 Å². The van der Waals surface area contributed by atoms with Crippen LogP contribution in [0.4, 0.5) is 4.39 Å². The van der Waals surface area contributed by atoms with E-state index in [0.29, 0.717) is 10.6 Å². The number of Topliss-reactive ketones (excluding diaryl/α,β-unsaturated/α-hetero) is 1. The van der Waals surface area contributed by atoms with Crippen molar-refractivity contribution in [3.8, 4) is 0 Å². The average molecular weight is 312 g/mol. The van der Waals surface area contributed by atoms with E-state index < -0.39 is 5.54 Å². The topological polar surface area (TPSA) is 20.3 Å². The normalized spacial score (nSPS) is 18.5. The Morgan fingerprint density at radius 3 is 2.43 bits per heavy atom. The molecular formula is C17H23ClFNO. The summed E-state index contributed by atoms with van der Waals surface area (Å²) in [6.45, 7) is 0. The Morgan fingerprint density at radius 2 is 1.86 bits per heavy atom.